The van der Waals surface area contributed by atoms with Crippen molar-refractivity contribution < 1.29 is 59.0 Å². The van der Waals surface area contributed by atoms with Gasteiger partial charge in [0.2, 0.25) is 0 Å². The SMILES string of the molecule is CO[C@H]1O[C@H](CO[C@H]2O[C@H](COO)[C@@H](O)[C@H](O)[C@H]2OC)[C@@H](O)[C@H](O)[C@H]1OC. The monoisotopic (exact) mass is 400 g/mol. The Kier molecular flexibility index (Phi) is 8.73. The van der Waals surface area contributed by atoms with Crippen molar-refractivity contribution in [1.82, 2.24) is 0 Å². The normalized spacial score (nSPS) is 45.8. The number of aliphatic hydroxyl groups excluding tert-OH is 4. The molecule has 0 amide bonds. The molecule has 2 aliphatic rings. The second kappa shape index (κ2) is 10.3. The van der Waals surface area contributed by atoms with Crippen LogP contribution < -0.4 is 0 Å². The molecule has 0 unspecified atom stereocenters. The number of hydrogen-bond acceptors (Lipinski definition) is 12. The van der Waals surface area contributed by atoms with Crippen molar-refractivity contribution in [3.8, 4) is 0 Å². The molecule has 10 atom stereocenters. The van der Waals surface area contributed by atoms with Crippen LogP contribution in [0.1, 0.15) is 0 Å². The first kappa shape index (κ1) is 22.8. The van der Waals surface area contributed by atoms with E-state index in [4.69, 9.17) is 33.7 Å². The van der Waals surface area contributed by atoms with Crippen molar-refractivity contribution in [3.05, 3.63) is 0 Å². The van der Waals surface area contributed by atoms with E-state index < -0.39 is 68.0 Å². The van der Waals surface area contributed by atoms with Crippen LogP contribution in [0.3, 0.4) is 0 Å². The molecule has 0 radical (unpaired) electrons. The molecule has 2 rings (SSSR count). The predicted molar refractivity (Wildman–Crippen MR) is 84.5 cm³/mol. The Morgan fingerprint density at radius 2 is 1.15 bits per heavy atom. The molecule has 0 aromatic rings. The Labute approximate surface area is 156 Å². The third-order valence-electron chi connectivity index (χ3n) is 4.73. The van der Waals surface area contributed by atoms with Gasteiger partial charge in [-0.2, -0.15) is 0 Å². The van der Waals surface area contributed by atoms with Crippen molar-refractivity contribution in [2.75, 3.05) is 34.5 Å². The van der Waals surface area contributed by atoms with E-state index in [1.807, 2.05) is 0 Å². The molecule has 2 fully saturated rings. The van der Waals surface area contributed by atoms with Gasteiger partial charge in [-0.3, -0.25) is 5.26 Å². The minimum atomic E-state index is -1.37. The first-order chi connectivity index (χ1) is 12.9. The minimum absolute atomic E-state index is 0.255. The predicted octanol–water partition coefficient (Wildman–Crippen LogP) is -2.94. The quantitative estimate of drug-likeness (QED) is 0.208. The Balaban J connectivity index is 2.02. The topological polar surface area (TPSA) is 166 Å². The van der Waals surface area contributed by atoms with E-state index in [2.05, 4.69) is 4.89 Å². The number of rotatable bonds is 8. The van der Waals surface area contributed by atoms with Crippen LogP contribution in [0.4, 0.5) is 0 Å². The fraction of sp³-hybridized carbons (Fsp3) is 1.00. The maximum absolute atomic E-state index is 10.2. The average Bonchev–Trinajstić information content (AvgIpc) is 2.66. The van der Waals surface area contributed by atoms with Gasteiger partial charge in [0.05, 0.1) is 6.61 Å². The van der Waals surface area contributed by atoms with Crippen LogP contribution in [0.5, 0.6) is 0 Å². The van der Waals surface area contributed by atoms with Gasteiger partial charge in [-0.1, -0.05) is 0 Å². The van der Waals surface area contributed by atoms with E-state index >= 15 is 0 Å². The van der Waals surface area contributed by atoms with Crippen LogP contribution in [0.25, 0.3) is 0 Å². The largest absolute Gasteiger partial charge is 0.387 e. The fourth-order valence-electron chi connectivity index (χ4n) is 3.17. The van der Waals surface area contributed by atoms with Gasteiger partial charge in [-0.25, -0.2) is 4.89 Å². The van der Waals surface area contributed by atoms with Gasteiger partial charge in [0.1, 0.15) is 55.4 Å². The highest BCUT2D eigenvalue weighted by Crippen LogP contribution is 2.27. The molecule has 0 aromatic carbocycles. The van der Waals surface area contributed by atoms with Crippen molar-refractivity contribution in [3.63, 3.8) is 0 Å². The van der Waals surface area contributed by atoms with E-state index in [9.17, 15) is 20.4 Å². The van der Waals surface area contributed by atoms with Gasteiger partial charge in [0, 0.05) is 21.3 Å². The average molecular weight is 400 g/mol. The molecule has 5 N–H and O–H groups in total. The first-order valence-electron chi connectivity index (χ1n) is 8.39. The molecule has 160 valence electrons. The molecule has 0 aromatic heterocycles. The van der Waals surface area contributed by atoms with E-state index in [0.29, 0.717) is 0 Å². The lowest BCUT2D eigenvalue weighted by Gasteiger charge is -2.43. The van der Waals surface area contributed by atoms with Crippen LogP contribution in [-0.2, 0) is 33.3 Å². The summed E-state index contributed by atoms with van der Waals surface area (Å²) in [5, 5.41) is 49.1. The molecule has 0 saturated carbocycles. The van der Waals surface area contributed by atoms with Gasteiger partial charge in [0.25, 0.3) is 0 Å². The van der Waals surface area contributed by atoms with Gasteiger partial charge in [-0.05, 0) is 0 Å². The van der Waals surface area contributed by atoms with Crippen LogP contribution in [0.2, 0.25) is 0 Å². The number of hydrogen-bond donors (Lipinski definition) is 5. The number of ether oxygens (including phenoxy) is 6. The summed E-state index contributed by atoms with van der Waals surface area (Å²) < 4.78 is 31.9. The van der Waals surface area contributed by atoms with E-state index in [1.54, 1.807) is 0 Å². The first-order valence-corrected chi connectivity index (χ1v) is 8.39. The molecule has 12 heteroatoms. The molecular formula is C15H28O12. The number of methoxy groups -OCH3 is 3. The fourth-order valence-corrected chi connectivity index (χ4v) is 3.17. The summed E-state index contributed by atoms with van der Waals surface area (Å²) in [4.78, 5) is 3.97. The zero-order valence-corrected chi connectivity index (χ0v) is 15.3. The lowest BCUT2D eigenvalue weighted by atomic mass is 9.98. The van der Waals surface area contributed by atoms with Crippen LogP contribution in [0.15, 0.2) is 0 Å². The van der Waals surface area contributed by atoms with Crippen LogP contribution in [0, 0.1) is 0 Å². The Morgan fingerprint density at radius 1 is 0.667 bits per heavy atom. The van der Waals surface area contributed by atoms with E-state index in [0.717, 1.165) is 0 Å². The van der Waals surface area contributed by atoms with Crippen molar-refractivity contribution in [1.29, 1.82) is 0 Å². The third kappa shape index (κ3) is 4.93. The molecule has 2 heterocycles. The molecule has 0 bridgehead atoms. The van der Waals surface area contributed by atoms with Crippen LogP contribution in [-0.4, -0.2) is 122 Å². The summed E-state index contributed by atoms with van der Waals surface area (Å²) in [6.07, 6.45) is -11.5. The zero-order chi connectivity index (χ0) is 20.1. The molecule has 12 nitrogen and oxygen atoms in total. The molecule has 2 saturated heterocycles. The molecular weight excluding hydrogens is 372 g/mol. The molecule has 27 heavy (non-hydrogen) atoms. The van der Waals surface area contributed by atoms with Crippen LogP contribution >= 0.6 is 0 Å². The standard InChI is InChI=1S/C15H28O12/c1-21-12-10(18)8(16)6(26-14(12)23-3)4-24-15-13(22-2)11(19)9(17)7(27-15)5-25-20/h6-20H,4-5H2,1-3H3/t6-,7-,8-,9-,10+,11+,12-,13-,14+,15+/m1/s1. The van der Waals surface area contributed by atoms with Crippen molar-refractivity contribution in [2.45, 2.75) is 61.4 Å². The van der Waals surface area contributed by atoms with Crippen molar-refractivity contribution >= 4 is 0 Å². The highest BCUT2D eigenvalue weighted by molar-refractivity contribution is 4.92. The summed E-state index contributed by atoms with van der Waals surface area (Å²) in [6.45, 7) is -0.661. The second-order valence-corrected chi connectivity index (χ2v) is 6.31. The number of aliphatic hydroxyl groups is 4. The molecule has 0 aliphatic carbocycles. The third-order valence-corrected chi connectivity index (χ3v) is 4.73. The summed E-state index contributed by atoms with van der Waals surface area (Å²) >= 11 is 0. The highest BCUT2D eigenvalue weighted by atomic mass is 17.1. The Hall–Kier alpha value is -0.480. The van der Waals surface area contributed by atoms with Gasteiger partial charge in [0.15, 0.2) is 12.6 Å². The summed E-state index contributed by atoms with van der Waals surface area (Å²) in [7, 11) is 4.01. The maximum Gasteiger partial charge on any atom is 0.187 e. The Morgan fingerprint density at radius 3 is 1.63 bits per heavy atom. The van der Waals surface area contributed by atoms with Gasteiger partial charge in [-0.15, -0.1) is 0 Å². The van der Waals surface area contributed by atoms with E-state index in [1.165, 1.54) is 21.3 Å². The zero-order valence-electron chi connectivity index (χ0n) is 15.3. The van der Waals surface area contributed by atoms with E-state index in [-0.39, 0.29) is 6.61 Å². The van der Waals surface area contributed by atoms with Gasteiger partial charge < -0.3 is 48.8 Å². The summed E-state index contributed by atoms with van der Waals surface area (Å²) in [5.74, 6) is 0. The molecule has 0 spiro atoms. The lowest BCUT2D eigenvalue weighted by Crippen LogP contribution is -2.62. The second-order valence-electron chi connectivity index (χ2n) is 6.31. The maximum atomic E-state index is 10.2. The minimum Gasteiger partial charge on any atom is -0.387 e. The summed E-state index contributed by atoms with van der Waals surface area (Å²) in [5.41, 5.74) is 0. The lowest BCUT2D eigenvalue weighted by molar-refractivity contribution is -0.347. The highest BCUT2D eigenvalue weighted by Gasteiger charge is 2.48. The van der Waals surface area contributed by atoms with Gasteiger partial charge >= 0.3 is 0 Å². The Bertz CT molecular complexity index is 435. The smallest absolute Gasteiger partial charge is 0.187 e. The summed E-state index contributed by atoms with van der Waals surface area (Å²) in [6, 6.07) is 0. The van der Waals surface area contributed by atoms with Crippen molar-refractivity contribution in [2.24, 2.45) is 0 Å². The molecule has 2 aliphatic heterocycles.